The van der Waals surface area contributed by atoms with E-state index in [0.29, 0.717) is 18.8 Å². The third kappa shape index (κ3) is 3.58. The SMILES string of the molecule is O=S(=O)(Cl)CCCOc1cccc2ncccc12. The first-order valence-electron chi connectivity index (χ1n) is 5.45. The van der Waals surface area contributed by atoms with Crippen LogP contribution in [-0.2, 0) is 9.05 Å². The van der Waals surface area contributed by atoms with Crippen molar-refractivity contribution in [3.05, 3.63) is 36.5 Å². The summed E-state index contributed by atoms with van der Waals surface area (Å²) in [7, 11) is 1.68. The predicted molar refractivity (Wildman–Crippen MR) is 71.5 cm³/mol. The highest BCUT2D eigenvalue weighted by atomic mass is 35.7. The molecule has 6 heteroatoms. The van der Waals surface area contributed by atoms with Gasteiger partial charge in [0.25, 0.3) is 0 Å². The molecule has 1 aromatic carbocycles. The molecular weight excluding hydrogens is 274 g/mol. The monoisotopic (exact) mass is 285 g/mol. The van der Waals surface area contributed by atoms with Crippen LogP contribution in [-0.4, -0.2) is 25.8 Å². The maximum absolute atomic E-state index is 10.8. The second-order valence-electron chi connectivity index (χ2n) is 3.77. The van der Waals surface area contributed by atoms with Crippen LogP contribution in [0.4, 0.5) is 0 Å². The molecule has 0 fully saturated rings. The molecule has 0 amide bonds. The Morgan fingerprint density at radius 3 is 2.83 bits per heavy atom. The van der Waals surface area contributed by atoms with E-state index in [9.17, 15) is 8.42 Å². The third-order valence-corrected chi connectivity index (χ3v) is 3.63. The summed E-state index contributed by atoms with van der Waals surface area (Å²) in [6.07, 6.45) is 2.08. The average Bonchev–Trinajstić information content (AvgIpc) is 2.33. The van der Waals surface area contributed by atoms with Gasteiger partial charge >= 0.3 is 0 Å². The van der Waals surface area contributed by atoms with Crippen LogP contribution in [0.15, 0.2) is 36.5 Å². The standard InChI is InChI=1S/C12H12ClNO3S/c13-18(15,16)9-3-8-17-12-6-1-5-11-10(12)4-2-7-14-11/h1-2,4-7H,3,8-9H2. The molecule has 18 heavy (non-hydrogen) atoms. The van der Waals surface area contributed by atoms with Gasteiger partial charge in [0.05, 0.1) is 17.9 Å². The maximum Gasteiger partial charge on any atom is 0.232 e. The van der Waals surface area contributed by atoms with E-state index < -0.39 is 9.05 Å². The first kappa shape index (κ1) is 13.1. The molecule has 1 heterocycles. The molecule has 96 valence electrons. The van der Waals surface area contributed by atoms with Crippen LogP contribution in [0.3, 0.4) is 0 Å². The molecule has 1 aromatic heterocycles. The largest absolute Gasteiger partial charge is 0.493 e. The van der Waals surface area contributed by atoms with E-state index in [1.165, 1.54) is 0 Å². The molecule has 2 aromatic rings. The number of hydrogen-bond acceptors (Lipinski definition) is 4. The first-order valence-corrected chi connectivity index (χ1v) is 7.93. The number of ether oxygens (including phenoxy) is 1. The Bertz CT molecular complexity index is 637. The van der Waals surface area contributed by atoms with Gasteiger partial charge in [-0.3, -0.25) is 4.98 Å². The molecule has 0 saturated carbocycles. The van der Waals surface area contributed by atoms with Crippen LogP contribution < -0.4 is 4.74 Å². The van der Waals surface area contributed by atoms with Gasteiger partial charge in [-0.1, -0.05) is 6.07 Å². The second kappa shape index (κ2) is 5.54. The maximum atomic E-state index is 10.8. The van der Waals surface area contributed by atoms with Crippen molar-refractivity contribution in [3.63, 3.8) is 0 Å². The molecule has 0 unspecified atom stereocenters. The van der Waals surface area contributed by atoms with Crippen molar-refractivity contribution < 1.29 is 13.2 Å². The van der Waals surface area contributed by atoms with Gasteiger partial charge in [-0.15, -0.1) is 0 Å². The first-order chi connectivity index (χ1) is 8.56. The highest BCUT2D eigenvalue weighted by molar-refractivity contribution is 8.13. The van der Waals surface area contributed by atoms with E-state index in [1.54, 1.807) is 6.20 Å². The van der Waals surface area contributed by atoms with Crippen LogP contribution >= 0.6 is 10.7 Å². The number of nitrogens with zero attached hydrogens (tertiary/aromatic N) is 1. The second-order valence-corrected chi connectivity index (χ2v) is 6.67. The molecule has 0 aliphatic carbocycles. The van der Waals surface area contributed by atoms with E-state index in [1.807, 2.05) is 30.3 Å². The number of rotatable bonds is 5. The molecule has 4 nitrogen and oxygen atoms in total. The summed E-state index contributed by atoms with van der Waals surface area (Å²) in [6, 6.07) is 9.32. The minimum atomic E-state index is -3.44. The van der Waals surface area contributed by atoms with Crippen molar-refractivity contribution in [1.82, 2.24) is 4.98 Å². The van der Waals surface area contributed by atoms with Gasteiger partial charge in [-0.2, -0.15) is 0 Å². The minimum absolute atomic E-state index is 0.0857. The zero-order valence-corrected chi connectivity index (χ0v) is 11.1. The molecule has 0 bridgehead atoms. The zero-order valence-electron chi connectivity index (χ0n) is 9.54. The molecule has 0 aliphatic rings. The Hall–Kier alpha value is -1.33. The van der Waals surface area contributed by atoms with Crippen LogP contribution in [0.1, 0.15) is 6.42 Å². The van der Waals surface area contributed by atoms with Gasteiger partial charge in [0.15, 0.2) is 0 Å². The third-order valence-electron chi connectivity index (χ3n) is 2.40. The molecule has 2 rings (SSSR count). The van der Waals surface area contributed by atoms with Crippen molar-refractivity contribution in [2.24, 2.45) is 0 Å². The fourth-order valence-electron chi connectivity index (χ4n) is 1.61. The predicted octanol–water partition coefficient (Wildman–Crippen LogP) is 2.57. The number of pyridine rings is 1. The Labute approximate surface area is 110 Å². The summed E-state index contributed by atoms with van der Waals surface area (Å²) in [4.78, 5) is 4.21. The number of aromatic nitrogens is 1. The number of hydrogen-bond donors (Lipinski definition) is 0. The lowest BCUT2D eigenvalue weighted by Crippen LogP contribution is -2.05. The van der Waals surface area contributed by atoms with Crippen LogP contribution in [0, 0.1) is 0 Å². The number of fused-ring (bicyclic) bond motifs is 1. The van der Waals surface area contributed by atoms with Crippen LogP contribution in [0.2, 0.25) is 0 Å². The molecule has 0 atom stereocenters. The normalized spacial score (nSPS) is 11.6. The molecular formula is C12H12ClNO3S. The van der Waals surface area contributed by atoms with Crippen LogP contribution in [0.5, 0.6) is 5.75 Å². The Morgan fingerprint density at radius 1 is 1.22 bits per heavy atom. The summed E-state index contributed by atoms with van der Waals surface area (Å²) in [6.45, 7) is 0.306. The van der Waals surface area contributed by atoms with Crippen molar-refractivity contribution in [1.29, 1.82) is 0 Å². The van der Waals surface area contributed by atoms with Gasteiger partial charge in [-0.25, -0.2) is 8.42 Å². The summed E-state index contributed by atoms with van der Waals surface area (Å²) < 4.78 is 27.1. The lowest BCUT2D eigenvalue weighted by molar-refractivity contribution is 0.321. The van der Waals surface area contributed by atoms with Gasteiger partial charge in [-0.05, 0) is 30.7 Å². The Kier molecular flexibility index (Phi) is 4.04. The molecule has 0 N–H and O–H groups in total. The van der Waals surface area contributed by atoms with Crippen molar-refractivity contribution in [2.75, 3.05) is 12.4 Å². The topological polar surface area (TPSA) is 56.3 Å². The smallest absolute Gasteiger partial charge is 0.232 e. The van der Waals surface area contributed by atoms with E-state index in [-0.39, 0.29) is 5.75 Å². The van der Waals surface area contributed by atoms with Crippen molar-refractivity contribution >= 4 is 30.6 Å². The van der Waals surface area contributed by atoms with E-state index in [2.05, 4.69) is 4.98 Å². The number of benzene rings is 1. The van der Waals surface area contributed by atoms with Crippen molar-refractivity contribution in [2.45, 2.75) is 6.42 Å². The van der Waals surface area contributed by atoms with E-state index in [0.717, 1.165) is 10.9 Å². The fraction of sp³-hybridized carbons (Fsp3) is 0.250. The molecule has 0 saturated heterocycles. The lowest BCUT2D eigenvalue weighted by atomic mass is 10.2. The molecule has 0 aliphatic heterocycles. The summed E-state index contributed by atoms with van der Waals surface area (Å²) >= 11 is 0. The zero-order chi connectivity index (χ0) is 13.0. The van der Waals surface area contributed by atoms with E-state index >= 15 is 0 Å². The highest BCUT2D eigenvalue weighted by Gasteiger charge is 2.06. The number of halogens is 1. The van der Waals surface area contributed by atoms with Gasteiger partial charge in [0, 0.05) is 22.3 Å². The minimum Gasteiger partial charge on any atom is -0.493 e. The summed E-state index contributed by atoms with van der Waals surface area (Å²) in [5.74, 6) is 0.616. The van der Waals surface area contributed by atoms with Gasteiger partial charge in [0.1, 0.15) is 5.75 Å². The average molecular weight is 286 g/mol. The molecule has 0 spiro atoms. The van der Waals surface area contributed by atoms with Gasteiger partial charge < -0.3 is 4.74 Å². The summed E-state index contributed by atoms with van der Waals surface area (Å²) in [5.41, 5.74) is 0.847. The Balaban J connectivity index is 2.04. The van der Waals surface area contributed by atoms with Crippen LogP contribution in [0.25, 0.3) is 10.9 Å². The Morgan fingerprint density at radius 2 is 2.06 bits per heavy atom. The quantitative estimate of drug-likeness (QED) is 0.626. The molecule has 0 radical (unpaired) electrons. The van der Waals surface area contributed by atoms with E-state index in [4.69, 9.17) is 15.4 Å². The van der Waals surface area contributed by atoms with Gasteiger partial charge in [0.2, 0.25) is 9.05 Å². The van der Waals surface area contributed by atoms with Crippen molar-refractivity contribution in [3.8, 4) is 5.75 Å². The lowest BCUT2D eigenvalue weighted by Gasteiger charge is -2.08. The fourth-order valence-corrected chi connectivity index (χ4v) is 2.40. The highest BCUT2D eigenvalue weighted by Crippen LogP contribution is 2.23. The summed E-state index contributed by atoms with van der Waals surface area (Å²) in [5, 5.41) is 0.911.